The molecule has 0 atom stereocenters. The van der Waals surface area contributed by atoms with E-state index in [1.165, 1.54) is 4.90 Å². The van der Waals surface area contributed by atoms with Crippen molar-refractivity contribution >= 4 is 24.2 Å². The summed E-state index contributed by atoms with van der Waals surface area (Å²) in [6, 6.07) is 0.107. The summed E-state index contributed by atoms with van der Waals surface area (Å²) < 4.78 is 0. The summed E-state index contributed by atoms with van der Waals surface area (Å²) in [4.78, 5) is 23.9. The van der Waals surface area contributed by atoms with E-state index in [0.29, 0.717) is 0 Å². The van der Waals surface area contributed by atoms with Crippen LogP contribution in [0, 0.1) is 0 Å². The Hall–Kier alpha value is -0.810. The molecule has 0 fully saturated rings. The summed E-state index contributed by atoms with van der Waals surface area (Å²) >= 11 is 0. The second kappa shape index (κ2) is 8.49. The molecular weight excluding hydrogens is 218 g/mol. The average Bonchev–Trinajstić information content (AvgIpc) is 2.02. The first-order valence-electron chi connectivity index (χ1n) is 4.65. The van der Waals surface area contributed by atoms with Gasteiger partial charge in [-0.3, -0.25) is 9.59 Å². The van der Waals surface area contributed by atoms with Crippen LogP contribution in [0.15, 0.2) is 0 Å². The molecule has 0 aliphatic heterocycles. The van der Waals surface area contributed by atoms with Crippen molar-refractivity contribution in [2.45, 2.75) is 19.9 Å². The third kappa shape index (κ3) is 8.20. The van der Waals surface area contributed by atoms with Crippen molar-refractivity contribution in [3.05, 3.63) is 0 Å². The molecule has 0 rings (SSSR count). The second-order valence-electron chi connectivity index (χ2n) is 3.50. The summed E-state index contributed by atoms with van der Waals surface area (Å²) in [5, 5.41) is 5.46. The predicted octanol–water partition coefficient (Wildman–Crippen LogP) is -0.389. The van der Waals surface area contributed by atoms with Crippen LogP contribution < -0.4 is 10.6 Å². The molecule has 0 aromatic carbocycles. The Morgan fingerprint density at radius 3 is 2.27 bits per heavy atom. The van der Waals surface area contributed by atoms with Gasteiger partial charge in [0.25, 0.3) is 0 Å². The maximum Gasteiger partial charge on any atom is 0.239 e. The van der Waals surface area contributed by atoms with Gasteiger partial charge in [0.1, 0.15) is 0 Å². The summed E-state index contributed by atoms with van der Waals surface area (Å²) in [7, 11) is 3.31. The number of likely N-dealkylation sites (N-methyl/N-ethyl adjacent to an activating group) is 2. The number of rotatable bonds is 5. The molecule has 0 heterocycles. The predicted molar refractivity (Wildman–Crippen MR) is 62.1 cm³/mol. The highest BCUT2D eigenvalue weighted by atomic mass is 35.5. The Kier molecular flexibility index (Phi) is 9.41. The molecule has 0 aliphatic carbocycles. The van der Waals surface area contributed by atoms with Crippen LogP contribution in [0.25, 0.3) is 0 Å². The largest absolute Gasteiger partial charge is 0.352 e. The van der Waals surface area contributed by atoms with E-state index in [2.05, 4.69) is 10.6 Å². The van der Waals surface area contributed by atoms with Crippen LogP contribution in [0.5, 0.6) is 0 Å². The molecular formula is C9H20ClN3O2. The lowest BCUT2D eigenvalue weighted by atomic mass is 10.4. The molecule has 0 saturated heterocycles. The summed E-state index contributed by atoms with van der Waals surface area (Å²) in [5.74, 6) is -0.224. The Bertz CT molecular complexity index is 210. The number of nitrogens with one attached hydrogen (secondary N) is 2. The molecule has 0 saturated carbocycles. The highest BCUT2D eigenvalue weighted by molar-refractivity contribution is 5.85. The van der Waals surface area contributed by atoms with Crippen LogP contribution in [0.4, 0.5) is 0 Å². The van der Waals surface area contributed by atoms with E-state index in [-0.39, 0.29) is 43.4 Å². The van der Waals surface area contributed by atoms with Crippen molar-refractivity contribution in [2.75, 3.05) is 27.2 Å². The van der Waals surface area contributed by atoms with Gasteiger partial charge in [-0.05, 0) is 20.9 Å². The Balaban J connectivity index is 0. The van der Waals surface area contributed by atoms with Crippen molar-refractivity contribution in [3.63, 3.8) is 0 Å². The standard InChI is InChI=1S/C9H19N3O2.ClH/c1-7(2)11-8(13)6-12(4)9(14)5-10-3;/h7,10H,5-6H2,1-4H3,(H,11,13);1H. The molecule has 2 amide bonds. The first-order chi connectivity index (χ1) is 6.47. The van der Waals surface area contributed by atoms with Crippen molar-refractivity contribution in [1.29, 1.82) is 0 Å². The van der Waals surface area contributed by atoms with Gasteiger partial charge in [0.15, 0.2) is 0 Å². The van der Waals surface area contributed by atoms with Gasteiger partial charge in [0, 0.05) is 13.1 Å². The monoisotopic (exact) mass is 237 g/mol. The van der Waals surface area contributed by atoms with Crippen molar-refractivity contribution in [1.82, 2.24) is 15.5 Å². The van der Waals surface area contributed by atoms with E-state index in [1.54, 1.807) is 14.1 Å². The molecule has 0 radical (unpaired) electrons. The molecule has 5 nitrogen and oxygen atoms in total. The summed E-state index contributed by atoms with van der Waals surface area (Å²) in [5.41, 5.74) is 0. The fourth-order valence-electron chi connectivity index (χ4n) is 0.957. The van der Waals surface area contributed by atoms with E-state index in [1.807, 2.05) is 13.8 Å². The van der Waals surface area contributed by atoms with Crippen LogP contribution in [-0.2, 0) is 9.59 Å². The van der Waals surface area contributed by atoms with Gasteiger partial charge in [0.2, 0.25) is 11.8 Å². The minimum Gasteiger partial charge on any atom is -0.352 e. The number of hydrogen-bond donors (Lipinski definition) is 2. The van der Waals surface area contributed by atoms with Crippen molar-refractivity contribution in [3.8, 4) is 0 Å². The zero-order chi connectivity index (χ0) is 11.1. The number of halogens is 1. The van der Waals surface area contributed by atoms with E-state index in [4.69, 9.17) is 0 Å². The Morgan fingerprint density at radius 1 is 1.33 bits per heavy atom. The zero-order valence-electron chi connectivity index (χ0n) is 9.66. The minimum atomic E-state index is -0.132. The molecule has 0 aromatic heterocycles. The van der Waals surface area contributed by atoms with Crippen molar-refractivity contribution in [2.24, 2.45) is 0 Å². The number of hydrogen-bond acceptors (Lipinski definition) is 3. The van der Waals surface area contributed by atoms with Gasteiger partial charge in [-0.2, -0.15) is 0 Å². The second-order valence-corrected chi connectivity index (χ2v) is 3.50. The smallest absolute Gasteiger partial charge is 0.239 e. The number of carbonyl (C=O) groups excluding carboxylic acids is 2. The van der Waals surface area contributed by atoms with Crippen LogP contribution in [0.1, 0.15) is 13.8 Å². The molecule has 90 valence electrons. The molecule has 15 heavy (non-hydrogen) atoms. The van der Waals surface area contributed by atoms with Crippen LogP contribution in [0.2, 0.25) is 0 Å². The van der Waals surface area contributed by atoms with E-state index < -0.39 is 0 Å². The van der Waals surface area contributed by atoms with Gasteiger partial charge >= 0.3 is 0 Å². The Morgan fingerprint density at radius 2 is 1.87 bits per heavy atom. The third-order valence-corrected chi connectivity index (χ3v) is 1.58. The molecule has 0 spiro atoms. The number of nitrogens with zero attached hydrogens (tertiary/aromatic N) is 1. The number of amides is 2. The normalized spacial score (nSPS) is 9.40. The first kappa shape index (κ1) is 16.6. The lowest BCUT2D eigenvalue weighted by Gasteiger charge is -2.17. The quantitative estimate of drug-likeness (QED) is 0.685. The summed E-state index contributed by atoms with van der Waals surface area (Å²) in [6.07, 6.45) is 0. The van der Waals surface area contributed by atoms with E-state index in [9.17, 15) is 9.59 Å². The van der Waals surface area contributed by atoms with Gasteiger partial charge in [-0.25, -0.2) is 0 Å². The molecule has 6 heteroatoms. The van der Waals surface area contributed by atoms with E-state index >= 15 is 0 Å². The van der Waals surface area contributed by atoms with Gasteiger partial charge in [0.05, 0.1) is 13.1 Å². The molecule has 0 bridgehead atoms. The maximum atomic E-state index is 11.2. The maximum absolute atomic E-state index is 11.2. The minimum absolute atomic E-state index is 0. The van der Waals surface area contributed by atoms with Gasteiger partial charge in [-0.15, -0.1) is 12.4 Å². The Labute approximate surface area is 97.0 Å². The van der Waals surface area contributed by atoms with Crippen molar-refractivity contribution < 1.29 is 9.59 Å². The first-order valence-corrected chi connectivity index (χ1v) is 4.65. The molecule has 0 unspecified atom stereocenters. The fraction of sp³-hybridized carbons (Fsp3) is 0.778. The zero-order valence-corrected chi connectivity index (χ0v) is 10.5. The SMILES string of the molecule is CNCC(=O)N(C)CC(=O)NC(C)C.Cl. The highest BCUT2D eigenvalue weighted by Crippen LogP contribution is 1.85. The highest BCUT2D eigenvalue weighted by Gasteiger charge is 2.11. The topological polar surface area (TPSA) is 61.4 Å². The number of carbonyl (C=O) groups is 2. The lowest BCUT2D eigenvalue weighted by Crippen LogP contribution is -2.43. The molecule has 0 aromatic rings. The third-order valence-electron chi connectivity index (χ3n) is 1.58. The van der Waals surface area contributed by atoms with Gasteiger partial charge < -0.3 is 15.5 Å². The van der Waals surface area contributed by atoms with Crippen LogP contribution in [0.3, 0.4) is 0 Å². The van der Waals surface area contributed by atoms with Crippen LogP contribution in [-0.4, -0.2) is 49.9 Å². The lowest BCUT2D eigenvalue weighted by molar-refractivity contribution is -0.134. The van der Waals surface area contributed by atoms with E-state index in [0.717, 1.165) is 0 Å². The van der Waals surface area contributed by atoms with Crippen LogP contribution >= 0.6 is 12.4 Å². The molecule has 2 N–H and O–H groups in total. The summed E-state index contributed by atoms with van der Waals surface area (Å²) in [6.45, 7) is 4.13. The van der Waals surface area contributed by atoms with Gasteiger partial charge in [-0.1, -0.05) is 0 Å². The molecule has 0 aliphatic rings. The fourth-order valence-corrected chi connectivity index (χ4v) is 0.957. The average molecular weight is 238 g/mol.